The first kappa shape index (κ1) is 16.7. The quantitative estimate of drug-likeness (QED) is 0.712. The van der Waals surface area contributed by atoms with Gasteiger partial charge in [-0.15, -0.1) is 11.3 Å². The molecule has 3 rings (SSSR count). The van der Waals surface area contributed by atoms with Crippen molar-refractivity contribution in [1.29, 1.82) is 0 Å². The van der Waals surface area contributed by atoms with Crippen molar-refractivity contribution < 1.29 is 4.79 Å². The molecule has 0 radical (unpaired) electrons. The maximum Gasteiger partial charge on any atom is 0.234 e. The topological polar surface area (TPSA) is 32.3 Å². The number of likely N-dealkylation sites (N-methyl/N-ethyl adjacent to an activating group) is 1. The van der Waals surface area contributed by atoms with Crippen molar-refractivity contribution in [2.75, 3.05) is 20.1 Å². The van der Waals surface area contributed by atoms with Crippen molar-refractivity contribution in [2.45, 2.75) is 13.0 Å². The number of benzene rings is 2. The summed E-state index contributed by atoms with van der Waals surface area (Å²) in [5.74, 6) is 0.0768. The Labute approximate surface area is 146 Å². The number of nitrogens with zero attached hydrogens (tertiary/aromatic N) is 1. The van der Waals surface area contributed by atoms with Crippen LogP contribution in [0.1, 0.15) is 11.1 Å². The van der Waals surface area contributed by atoms with Gasteiger partial charge in [0.25, 0.3) is 0 Å². The summed E-state index contributed by atoms with van der Waals surface area (Å²) in [6.07, 6.45) is 0.873. The lowest BCUT2D eigenvalue weighted by Crippen LogP contribution is -2.35. The van der Waals surface area contributed by atoms with Crippen LogP contribution in [0.3, 0.4) is 0 Å². The van der Waals surface area contributed by atoms with Crippen molar-refractivity contribution in [3.05, 3.63) is 71.1 Å². The number of rotatable bonds is 7. The third kappa shape index (κ3) is 4.43. The SMILES string of the molecule is CN(CC(=O)NCCc1csc2ccccc12)Cc1ccccc1. The second-order valence-electron chi connectivity index (χ2n) is 6.01. The molecule has 0 saturated heterocycles. The van der Waals surface area contributed by atoms with Crippen LogP contribution in [-0.4, -0.2) is 30.9 Å². The summed E-state index contributed by atoms with van der Waals surface area (Å²) < 4.78 is 1.31. The number of carbonyl (C=O) groups is 1. The van der Waals surface area contributed by atoms with E-state index in [1.54, 1.807) is 11.3 Å². The minimum absolute atomic E-state index is 0.0768. The highest BCUT2D eigenvalue weighted by Crippen LogP contribution is 2.25. The molecule has 0 unspecified atom stereocenters. The highest BCUT2D eigenvalue weighted by molar-refractivity contribution is 7.17. The molecule has 124 valence electrons. The van der Waals surface area contributed by atoms with Crippen LogP contribution in [0.4, 0.5) is 0 Å². The monoisotopic (exact) mass is 338 g/mol. The second kappa shape index (κ2) is 8.08. The molecule has 0 fully saturated rings. The first-order valence-corrected chi connectivity index (χ1v) is 9.04. The molecule has 4 heteroatoms. The molecule has 0 bridgehead atoms. The summed E-state index contributed by atoms with van der Waals surface area (Å²) in [5, 5.41) is 6.52. The number of hydrogen-bond acceptors (Lipinski definition) is 3. The molecular weight excluding hydrogens is 316 g/mol. The van der Waals surface area contributed by atoms with Crippen LogP contribution < -0.4 is 5.32 Å². The molecular formula is C20H22N2OS. The highest BCUT2D eigenvalue weighted by Gasteiger charge is 2.08. The van der Waals surface area contributed by atoms with E-state index in [0.717, 1.165) is 13.0 Å². The molecule has 0 atom stereocenters. The molecule has 0 aliphatic heterocycles. The lowest BCUT2D eigenvalue weighted by Gasteiger charge is -2.16. The van der Waals surface area contributed by atoms with Crippen LogP contribution >= 0.6 is 11.3 Å². The van der Waals surface area contributed by atoms with Gasteiger partial charge in [0.05, 0.1) is 6.54 Å². The zero-order valence-electron chi connectivity index (χ0n) is 13.9. The zero-order chi connectivity index (χ0) is 16.8. The summed E-state index contributed by atoms with van der Waals surface area (Å²) in [6, 6.07) is 18.6. The molecule has 1 amide bonds. The van der Waals surface area contributed by atoms with Gasteiger partial charge in [0.1, 0.15) is 0 Å². The normalized spacial score (nSPS) is 11.1. The summed E-state index contributed by atoms with van der Waals surface area (Å²) >= 11 is 1.76. The van der Waals surface area contributed by atoms with Gasteiger partial charge < -0.3 is 5.32 Å². The minimum Gasteiger partial charge on any atom is -0.355 e. The minimum atomic E-state index is 0.0768. The molecule has 0 saturated carbocycles. The van der Waals surface area contributed by atoms with Gasteiger partial charge in [0, 0.05) is 17.8 Å². The Balaban J connectivity index is 1.44. The van der Waals surface area contributed by atoms with Gasteiger partial charge in [-0.1, -0.05) is 48.5 Å². The van der Waals surface area contributed by atoms with E-state index < -0.39 is 0 Å². The summed E-state index contributed by atoms with van der Waals surface area (Å²) in [7, 11) is 1.97. The molecule has 0 spiro atoms. The average Bonchev–Trinajstić information content (AvgIpc) is 2.99. The van der Waals surface area contributed by atoms with Gasteiger partial charge in [-0.25, -0.2) is 0 Å². The van der Waals surface area contributed by atoms with E-state index in [-0.39, 0.29) is 5.91 Å². The van der Waals surface area contributed by atoms with Crippen LogP contribution in [0.2, 0.25) is 0 Å². The van der Waals surface area contributed by atoms with Crippen LogP contribution in [0.25, 0.3) is 10.1 Å². The van der Waals surface area contributed by atoms with Gasteiger partial charge in [0.15, 0.2) is 0 Å². The first-order chi connectivity index (χ1) is 11.7. The molecule has 3 nitrogen and oxygen atoms in total. The smallest absolute Gasteiger partial charge is 0.234 e. The lowest BCUT2D eigenvalue weighted by molar-refractivity contribution is -0.122. The molecule has 1 aromatic heterocycles. The molecule has 1 N–H and O–H groups in total. The van der Waals surface area contributed by atoms with Crippen LogP contribution in [0.5, 0.6) is 0 Å². The number of fused-ring (bicyclic) bond motifs is 1. The Hall–Kier alpha value is -2.17. The molecule has 0 aliphatic rings. The number of nitrogens with one attached hydrogen (secondary N) is 1. The molecule has 2 aromatic carbocycles. The van der Waals surface area contributed by atoms with Crippen molar-refractivity contribution in [1.82, 2.24) is 10.2 Å². The van der Waals surface area contributed by atoms with E-state index in [2.05, 4.69) is 47.1 Å². The van der Waals surface area contributed by atoms with Gasteiger partial charge in [-0.2, -0.15) is 0 Å². The van der Waals surface area contributed by atoms with E-state index in [1.807, 2.05) is 30.1 Å². The highest BCUT2D eigenvalue weighted by atomic mass is 32.1. The van der Waals surface area contributed by atoms with Crippen LogP contribution in [-0.2, 0) is 17.8 Å². The van der Waals surface area contributed by atoms with Gasteiger partial charge in [0.2, 0.25) is 5.91 Å². The number of thiophene rings is 1. The number of carbonyl (C=O) groups excluding carboxylic acids is 1. The standard InChI is InChI=1S/C20H22N2OS/c1-22(13-16-7-3-2-4-8-16)14-20(23)21-12-11-17-15-24-19-10-6-5-9-18(17)19/h2-10,15H,11-14H2,1H3,(H,21,23). The van der Waals surface area contributed by atoms with E-state index in [1.165, 1.54) is 21.2 Å². The predicted octanol–water partition coefficient (Wildman–Crippen LogP) is 3.69. The first-order valence-electron chi connectivity index (χ1n) is 8.16. The Morgan fingerprint density at radius 1 is 1.08 bits per heavy atom. The van der Waals surface area contributed by atoms with Crippen LogP contribution in [0, 0.1) is 0 Å². The lowest BCUT2D eigenvalue weighted by atomic mass is 10.1. The number of hydrogen-bond donors (Lipinski definition) is 1. The van der Waals surface area contributed by atoms with Gasteiger partial charge in [-0.3, -0.25) is 9.69 Å². The van der Waals surface area contributed by atoms with Crippen molar-refractivity contribution in [3.63, 3.8) is 0 Å². The Morgan fingerprint density at radius 2 is 1.83 bits per heavy atom. The summed E-state index contributed by atoms with van der Waals surface area (Å²) in [5.41, 5.74) is 2.53. The Kier molecular flexibility index (Phi) is 5.62. The Bertz CT molecular complexity index is 798. The van der Waals surface area contributed by atoms with E-state index >= 15 is 0 Å². The summed E-state index contributed by atoms with van der Waals surface area (Å²) in [6.45, 7) is 1.88. The van der Waals surface area contributed by atoms with Crippen LogP contribution in [0.15, 0.2) is 60.0 Å². The fourth-order valence-corrected chi connectivity index (χ4v) is 3.81. The Morgan fingerprint density at radius 3 is 2.67 bits per heavy atom. The largest absolute Gasteiger partial charge is 0.355 e. The molecule has 3 aromatic rings. The van der Waals surface area contributed by atoms with Crippen molar-refractivity contribution in [2.24, 2.45) is 0 Å². The third-order valence-corrected chi connectivity index (χ3v) is 5.00. The third-order valence-electron chi connectivity index (χ3n) is 3.99. The van der Waals surface area contributed by atoms with E-state index in [4.69, 9.17) is 0 Å². The maximum atomic E-state index is 12.1. The summed E-state index contributed by atoms with van der Waals surface area (Å²) in [4.78, 5) is 14.1. The molecule has 24 heavy (non-hydrogen) atoms. The van der Waals surface area contributed by atoms with Gasteiger partial charge >= 0.3 is 0 Å². The van der Waals surface area contributed by atoms with Crippen molar-refractivity contribution in [3.8, 4) is 0 Å². The fraction of sp³-hybridized carbons (Fsp3) is 0.250. The zero-order valence-corrected chi connectivity index (χ0v) is 14.7. The molecule has 1 heterocycles. The van der Waals surface area contributed by atoms with Crippen molar-refractivity contribution >= 4 is 27.3 Å². The van der Waals surface area contributed by atoms with E-state index in [9.17, 15) is 4.79 Å². The molecule has 0 aliphatic carbocycles. The van der Waals surface area contributed by atoms with Gasteiger partial charge in [-0.05, 0) is 41.4 Å². The van der Waals surface area contributed by atoms with E-state index in [0.29, 0.717) is 13.1 Å². The fourth-order valence-electron chi connectivity index (χ4n) is 2.82. The second-order valence-corrected chi connectivity index (χ2v) is 6.93. The predicted molar refractivity (Wildman–Crippen MR) is 101 cm³/mol. The number of amides is 1. The average molecular weight is 338 g/mol. The maximum absolute atomic E-state index is 12.1.